The Labute approximate surface area is 123 Å². The van der Waals surface area contributed by atoms with Gasteiger partial charge in [-0.1, -0.05) is 36.8 Å². The number of hydrogen-bond acceptors (Lipinski definition) is 1. The summed E-state index contributed by atoms with van der Waals surface area (Å²) in [6, 6.07) is 10.2. The number of nitrogens with one attached hydrogen (secondary N) is 1. The maximum absolute atomic E-state index is 3.81. The highest BCUT2D eigenvalue weighted by Gasteiger charge is 2.55. The van der Waals surface area contributed by atoms with Crippen molar-refractivity contribution >= 4 is 0 Å². The molecule has 0 amide bonds. The Kier molecular flexibility index (Phi) is 2.96. The molecule has 0 spiro atoms. The summed E-state index contributed by atoms with van der Waals surface area (Å²) in [6.45, 7) is 5.65. The first-order valence-electron chi connectivity index (χ1n) is 8.51. The first kappa shape index (κ1) is 12.9. The highest BCUT2D eigenvalue weighted by molar-refractivity contribution is 5.33. The summed E-state index contributed by atoms with van der Waals surface area (Å²) in [5, 5.41) is 3.81. The molecule has 5 rings (SSSR count). The standard InChI is InChI=1S/C19H27N/c1-3-20-18-15-8-14-9-16(18)12-19(10-14,11-15)17-6-4-5-13(2)7-17/h4-7,14-16,18,20H,3,8-12H2,1-2H3. The summed E-state index contributed by atoms with van der Waals surface area (Å²) in [5.41, 5.74) is 3.60. The molecule has 1 nitrogen and oxygen atoms in total. The summed E-state index contributed by atoms with van der Waals surface area (Å²) in [6.07, 6.45) is 7.30. The first-order valence-corrected chi connectivity index (χ1v) is 8.51. The van der Waals surface area contributed by atoms with Crippen LogP contribution in [0.25, 0.3) is 0 Å². The summed E-state index contributed by atoms with van der Waals surface area (Å²) >= 11 is 0. The lowest BCUT2D eigenvalue weighted by molar-refractivity contribution is -0.0343. The van der Waals surface area contributed by atoms with Crippen molar-refractivity contribution in [1.29, 1.82) is 0 Å². The molecule has 0 radical (unpaired) electrons. The summed E-state index contributed by atoms with van der Waals surface area (Å²) in [7, 11) is 0. The molecule has 4 fully saturated rings. The predicted octanol–water partition coefficient (Wildman–Crippen LogP) is 4.05. The molecule has 1 aromatic rings. The molecule has 0 heterocycles. The zero-order chi connectivity index (χ0) is 13.7. The van der Waals surface area contributed by atoms with E-state index in [1.807, 2.05) is 0 Å². The quantitative estimate of drug-likeness (QED) is 0.873. The minimum atomic E-state index is 0.522. The lowest BCUT2D eigenvalue weighted by atomic mass is 9.46. The molecule has 1 aromatic carbocycles. The van der Waals surface area contributed by atoms with Crippen LogP contribution < -0.4 is 5.32 Å². The summed E-state index contributed by atoms with van der Waals surface area (Å²) < 4.78 is 0. The minimum absolute atomic E-state index is 0.522. The van der Waals surface area contributed by atoms with E-state index in [-0.39, 0.29) is 0 Å². The van der Waals surface area contributed by atoms with Gasteiger partial charge in [0.2, 0.25) is 0 Å². The Hall–Kier alpha value is -0.820. The van der Waals surface area contributed by atoms with Gasteiger partial charge in [0.1, 0.15) is 0 Å². The molecule has 1 N–H and O–H groups in total. The van der Waals surface area contributed by atoms with Crippen molar-refractivity contribution < 1.29 is 0 Å². The topological polar surface area (TPSA) is 12.0 Å². The molecular formula is C19H27N. The van der Waals surface area contributed by atoms with Gasteiger partial charge in [-0.25, -0.2) is 0 Å². The SMILES string of the molecule is CCNC1C2CC3CC1CC(c1cccc(C)c1)(C3)C2. The maximum atomic E-state index is 3.81. The van der Waals surface area contributed by atoms with E-state index in [9.17, 15) is 0 Å². The van der Waals surface area contributed by atoms with Crippen LogP contribution in [0.5, 0.6) is 0 Å². The average molecular weight is 269 g/mol. The van der Waals surface area contributed by atoms with E-state index in [0.717, 1.165) is 30.3 Å². The third kappa shape index (κ3) is 1.86. The van der Waals surface area contributed by atoms with E-state index in [2.05, 4.69) is 43.4 Å². The summed E-state index contributed by atoms with van der Waals surface area (Å²) in [4.78, 5) is 0. The fourth-order valence-corrected chi connectivity index (χ4v) is 5.92. The third-order valence-electron chi connectivity index (χ3n) is 6.34. The van der Waals surface area contributed by atoms with Gasteiger partial charge in [-0.15, -0.1) is 0 Å². The van der Waals surface area contributed by atoms with Crippen molar-refractivity contribution in [2.45, 2.75) is 57.4 Å². The van der Waals surface area contributed by atoms with Crippen LogP contribution in [0.3, 0.4) is 0 Å². The van der Waals surface area contributed by atoms with Gasteiger partial charge < -0.3 is 5.32 Å². The van der Waals surface area contributed by atoms with Crippen LogP contribution in [0.15, 0.2) is 24.3 Å². The Bertz CT molecular complexity index is 490. The second-order valence-corrected chi connectivity index (χ2v) is 7.70. The Morgan fingerprint density at radius 1 is 1.15 bits per heavy atom. The number of hydrogen-bond donors (Lipinski definition) is 1. The fraction of sp³-hybridized carbons (Fsp3) is 0.684. The molecule has 2 atom stereocenters. The zero-order valence-electron chi connectivity index (χ0n) is 12.9. The van der Waals surface area contributed by atoms with Gasteiger partial charge in [-0.2, -0.15) is 0 Å². The molecule has 1 heteroatoms. The molecule has 2 unspecified atom stereocenters. The largest absolute Gasteiger partial charge is 0.314 e. The van der Waals surface area contributed by atoms with E-state index in [0.29, 0.717) is 5.41 Å². The van der Waals surface area contributed by atoms with Gasteiger partial charge in [0, 0.05) is 6.04 Å². The fourth-order valence-electron chi connectivity index (χ4n) is 5.92. The molecule has 4 bridgehead atoms. The molecule has 4 saturated carbocycles. The maximum Gasteiger partial charge on any atom is 0.0124 e. The molecule has 108 valence electrons. The highest BCUT2D eigenvalue weighted by Crippen LogP contribution is 2.60. The molecule has 20 heavy (non-hydrogen) atoms. The second-order valence-electron chi connectivity index (χ2n) is 7.70. The molecule has 0 saturated heterocycles. The molecule has 0 aromatic heterocycles. The van der Waals surface area contributed by atoms with Crippen LogP contribution in [0.1, 0.15) is 50.2 Å². The average Bonchev–Trinajstić information content (AvgIpc) is 2.42. The third-order valence-corrected chi connectivity index (χ3v) is 6.34. The van der Waals surface area contributed by atoms with Crippen LogP contribution in [0.2, 0.25) is 0 Å². The van der Waals surface area contributed by atoms with Crippen molar-refractivity contribution in [3.63, 3.8) is 0 Å². The van der Waals surface area contributed by atoms with Crippen molar-refractivity contribution in [3.8, 4) is 0 Å². The van der Waals surface area contributed by atoms with Crippen molar-refractivity contribution in [2.75, 3.05) is 6.54 Å². The van der Waals surface area contributed by atoms with Gasteiger partial charge in [-0.3, -0.25) is 0 Å². The smallest absolute Gasteiger partial charge is 0.0124 e. The van der Waals surface area contributed by atoms with Crippen molar-refractivity contribution in [1.82, 2.24) is 5.32 Å². The predicted molar refractivity (Wildman–Crippen MR) is 83.9 cm³/mol. The molecule has 4 aliphatic carbocycles. The normalized spacial score (nSPS) is 42.1. The lowest BCUT2D eigenvalue weighted by Gasteiger charge is -2.60. The second kappa shape index (κ2) is 4.59. The van der Waals surface area contributed by atoms with E-state index in [1.165, 1.54) is 37.7 Å². The Balaban J connectivity index is 1.68. The first-order chi connectivity index (χ1) is 9.70. The van der Waals surface area contributed by atoms with Crippen molar-refractivity contribution in [2.24, 2.45) is 17.8 Å². The van der Waals surface area contributed by atoms with E-state index < -0.39 is 0 Å². The van der Waals surface area contributed by atoms with E-state index >= 15 is 0 Å². The van der Waals surface area contributed by atoms with Gasteiger partial charge in [0.05, 0.1) is 0 Å². The van der Waals surface area contributed by atoms with Gasteiger partial charge in [-0.05, 0) is 74.3 Å². The number of benzene rings is 1. The van der Waals surface area contributed by atoms with Crippen LogP contribution >= 0.6 is 0 Å². The van der Waals surface area contributed by atoms with E-state index in [4.69, 9.17) is 0 Å². The monoisotopic (exact) mass is 269 g/mol. The van der Waals surface area contributed by atoms with Crippen LogP contribution in [-0.2, 0) is 5.41 Å². The van der Waals surface area contributed by atoms with Crippen molar-refractivity contribution in [3.05, 3.63) is 35.4 Å². The van der Waals surface area contributed by atoms with Gasteiger partial charge in [0.25, 0.3) is 0 Å². The van der Waals surface area contributed by atoms with Gasteiger partial charge >= 0.3 is 0 Å². The summed E-state index contributed by atoms with van der Waals surface area (Å²) in [5.74, 6) is 2.87. The molecule has 0 aliphatic heterocycles. The number of rotatable bonds is 3. The lowest BCUT2D eigenvalue weighted by Crippen LogP contribution is -2.59. The minimum Gasteiger partial charge on any atom is -0.314 e. The number of aryl methyl sites for hydroxylation is 1. The highest BCUT2D eigenvalue weighted by atomic mass is 14.9. The molecular weight excluding hydrogens is 242 g/mol. The zero-order valence-corrected chi connectivity index (χ0v) is 12.9. The van der Waals surface area contributed by atoms with Crippen LogP contribution in [-0.4, -0.2) is 12.6 Å². The molecule has 4 aliphatic rings. The van der Waals surface area contributed by atoms with Gasteiger partial charge in [0.15, 0.2) is 0 Å². The Morgan fingerprint density at radius 3 is 2.55 bits per heavy atom. The van der Waals surface area contributed by atoms with Crippen LogP contribution in [0.4, 0.5) is 0 Å². The van der Waals surface area contributed by atoms with E-state index in [1.54, 1.807) is 5.56 Å². The Morgan fingerprint density at radius 2 is 1.90 bits per heavy atom. The van der Waals surface area contributed by atoms with Crippen LogP contribution in [0, 0.1) is 24.7 Å².